The maximum absolute atomic E-state index is 11.7. The fraction of sp³-hybridized carbons (Fsp3) is 0.444. The zero-order valence-electron chi connectivity index (χ0n) is 14.4. The van der Waals surface area contributed by atoms with Gasteiger partial charge >= 0.3 is 6.09 Å². The number of rotatable bonds is 6. The van der Waals surface area contributed by atoms with Crippen LogP contribution in [0.3, 0.4) is 0 Å². The zero-order chi connectivity index (χ0) is 17.1. The Kier molecular flexibility index (Phi) is 4.85. The van der Waals surface area contributed by atoms with Gasteiger partial charge in [0.25, 0.3) is 0 Å². The van der Waals surface area contributed by atoms with Crippen molar-refractivity contribution in [1.82, 2.24) is 15.5 Å². The second kappa shape index (κ2) is 7.05. The zero-order valence-corrected chi connectivity index (χ0v) is 14.4. The first-order valence-corrected chi connectivity index (χ1v) is 8.34. The number of hydrogen-bond donors (Lipinski definition) is 2. The van der Waals surface area contributed by atoms with Crippen LogP contribution in [0, 0.1) is 6.92 Å². The average Bonchev–Trinajstić information content (AvgIpc) is 3.15. The van der Waals surface area contributed by atoms with E-state index in [2.05, 4.69) is 47.6 Å². The highest BCUT2D eigenvalue weighted by molar-refractivity contribution is 5.89. The van der Waals surface area contributed by atoms with Gasteiger partial charge in [-0.1, -0.05) is 12.1 Å². The predicted molar refractivity (Wildman–Crippen MR) is 93.2 cm³/mol. The third kappa shape index (κ3) is 3.76. The fourth-order valence-corrected chi connectivity index (χ4v) is 3.06. The number of benzene rings is 1. The first-order chi connectivity index (χ1) is 11.5. The molecule has 24 heavy (non-hydrogen) atoms. The molecule has 6 heteroatoms. The van der Waals surface area contributed by atoms with E-state index in [1.165, 1.54) is 0 Å². The van der Waals surface area contributed by atoms with Crippen molar-refractivity contribution in [1.29, 1.82) is 0 Å². The van der Waals surface area contributed by atoms with E-state index in [-0.39, 0.29) is 12.1 Å². The molecule has 3 rings (SSSR count). The van der Waals surface area contributed by atoms with E-state index in [1.54, 1.807) is 4.90 Å². The second-order valence-electron chi connectivity index (χ2n) is 6.40. The van der Waals surface area contributed by atoms with E-state index in [0.717, 1.165) is 29.1 Å². The molecule has 0 spiro atoms. The van der Waals surface area contributed by atoms with E-state index in [9.17, 15) is 4.79 Å². The number of aromatic amines is 1. The summed E-state index contributed by atoms with van der Waals surface area (Å²) < 4.78 is 5.01. The molecule has 2 heterocycles. The molecule has 1 saturated heterocycles. The molecule has 128 valence electrons. The molecule has 1 aliphatic heterocycles. The Hall–Kier alpha value is -2.34. The number of cyclic esters (lactones) is 1. The van der Waals surface area contributed by atoms with Crippen LogP contribution in [0.2, 0.25) is 0 Å². The first-order valence-electron chi connectivity index (χ1n) is 8.34. The van der Waals surface area contributed by atoms with Crippen molar-refractivity contribution in [3.8, 4) is 0 Å². The lowest BCUT2D eigenvalue weighted by Gasteiger charge is -2.21. The lowest BCUT2D eigenvalue weighted by Crippen LogP contribution is -2.31. The van der Waals surface area contributed by atoms with Crippen LogP contribution in [0.25, 0.3) is 0 Å². The number of carbonyl (C=O) groups excluding carboxylic acids is 1. The fourth-order valence-electron chi connectivity index (χ4n) is 3.06. The maximum Gasteiger partial charge on any atom is 0.414 e. The van der Waals surface area contributed by atoms with E-state index in [1.807, 2.05) is 19.1 Å². The predicted octanol–water partition coefficient (Wildman–Crippen LogP) is 2.96. The normalized spacial score (nSPS) is 17.0. The monoisotopic (exact) mass is 328 g/mol. The molecule has 0 aliphatic carbocycles. The molecular weight excluding hydrogens is 304 g/mol. The summed E-state index contributed by atoms with van der Waals surface area (Å²) in [6.07, 6.45) is 0.599. The summed E-state index contributed by atoms with van der Waals surface area (Å²) in [5, 5.41) is 10.9. The standard InChI is InChI=1S/C18H24N4O2/c1-12(9-16-10-13(2)20-21-16)19-14(3)15-5-4-6-17(11-15)22-7-8-24-18(22)23/h4-6,10-12,14,19H,7-9H2,1-3H3,(H,20,21)/t12-,14+/m0/s1. The molecule has 1 aliphatic rings. The Morgan fingerprint density at radius 1 is 1.38 bits per heavy atom. The molecule has 2 N–H and O–H groups in total. The van der Waals surface area contributed by atoms with Crippen LogP contribution < -0.4 is 10.2 Å². The maximum atomic E-state index is 11.7. The van der Waals surface area contributed by atoms with Crippen LogP contribution in [0.4, 0.5) is 10.5 Å². The van der Waals surface area contributed by atoms with E-state index in [4.69, 9.17) is 4.74 Å². The number of aryl methyl sites for hydroxylation is 1. The van der Waals surface area contributed by atoms with Gasteiger partial charge in [-0.05, 0) is 44.5 Å². The van der Waals surface area contributed by atoms with Crippen LogP contribution >= 0.6 is 0 Å². The van der Waals surface area contributed by atoms with Crippen LogP contribution in [-0.2, 0) is 11.2 Å². The van der Waals surface area contributed by atoms with Crippen LogP contribution in [0.15, 0.2) is 30.3 Å². The SMILES string of the molecule is Cc1cc(C[C@H](C)N[C@H](C)c2cccc(N3CCOC3=O)c2)n[nH]1. The van der Waals surface area contributed by atoms with Gasteiger partial charge in [0, 0.05) is 29.9 Å². The third-order valence-electron chi connectivity index (χ3n) is 4.25. The third-order valence-corrected chi connectivity index (χ3v) is 4.25. The lowest BCUT2D eigenvalue weighted by molar-refractivity contribution is 0.181. The Morgan fingerprint density at radius 3 is 2.88 bits per heavy atom. The molecule has 2 atom stereocenters. The van der Waals surface area contributed by atoms with E-state index < -0.39 is 0 Å². The number of nitrogens with zero attached hydrogens (tertiary/aromatic N) is 2. The first kappa shape index (κ1) is 16.5. The summed E-state index contributed by atoms with van der Waals surface area (Å²) >= 11 is 0. The van der Waals surface area contributed by atoms with Crippen molar-refractivity contribution in [2.45, 2.75) is 39.3 Å². The Balaban J connectivity index is 1.64. The average molecular weight is 328 g/mol. The molecule has 0 bridgehead atoms. The van der Waals surface area contributed by atoms with Gasteiger partial charge in [-0.25, -0.2) is 4.79 Å². The van der Waals surface area contributed by atoms with Gasteiger partial charge in [0.05, 0.1) is 12.2 Å². The molecule has 0 radical (unpaired) electrons. The van der Waals surface area contributed by atoms with E-state index >= 15 is 0 Å². The number of aromatic nitrogens is 2. The van der Waals surface area contributed by atoms with Gasteiger partial charge < -0.3 is 10.1 Å². The van der Waals surface area contributed by atoms with E-state index in [0.29, 0.717) is 19.2 Å². The second-order valence-corrected chi connectivity index (χ2v) is 6.40. The molecule has 1 aromatic heterocycles. The molecular formula is C18H24N4O2. The van der Waals surface area contributed by atoms with Crippen molar-refractivity contribution < 1.29 is 9.53 Å². The smallest absolute Gasteiger partial charge is 0.414 e. The number of carbonyl (C=O) groups is 1. The Morgan fingerprint density at radius 2 is 2.21 bits per heavy atom. The number of hydrogen-bond acceptors (Lipinski definition) is 4. The molecule has 1 fully saturated rings. The summed E-state index contributed by atoms with van der Waals surface area (Å²) in [4.78, 5) is 13.4. The largest absolute Gasteiger partial charge is 0.447 e. The summed E-state index contributed by atoms with van der Waals surface area (Å²) in [5.41, 5.74) is 4.18. The molecule has 2 aromatic rings. The number of nitrogens with one attached hydrogen (secondary N) is 2. The van der Waals surface area contributed by atoms with Crippen molar-refractivity contribution in [2.24, 2.45) is 0 Å². The number of ether oxygens (including phenoxy) is 1. The quantitative estimate of drug-likeness (QED) is 0.855. The summed E-state index contributed by atoms with van der Waals surface area (Å²) in [5.74, 6) is 0. The number of H-pyrrole nitrogens is 1. The topological polar surface area (TPSA) is 70.2 Å². The van der Waals surface area contributed by atoms with Gasteiger partial charge in [-0.2, -0.15) is 5.10 Å². The van der Waals surface area contributed by atoms with Gasteiger partial charge in [0.2, 0.25) is 0 Å². The molecule has 1 aromatic carbocycles. The molecule has 0 saturated carbocycles. The highest BCUT2D eigenvalue weighted by Crippen LogP contribution is 2.23. The van der Waals surface area contributed by atoms with Crippen molar-refractivity contribution in [3.05, 3.63) is 47.3 Å². The lowest BCUT2D eigenvalue weighted by atomic mass is 10.1. The van der Waals surface area contributed by atoms with Gasteiger partial charge in [0.1, 0.15) is 6.61 Å². The van der Waals surface area contributed by atoms with Crippen molar-refractivity contribution in [2.75, 3.05) is 18.1 Å². The van der Waals surface area contributed by atoms with Crippen LogP contribution in [0.5, 0.6) is 0 Å². The van der Waals surface area contributed by atoms with Crippen molar-refractivity contribution >= 4 is 11.8 Å². The molecule has 1 amide bonds. The molecule has 6 nitrogen and oxygen atoms in total. The Labute approximate surface area is 142 Å². The van der Waals surface area contributed by atoms with Crippen LogP contribution in [-0.4, -0.2) is 35.5 Å². The number of anilines is 1. The summed E-state index contributed by atoms with van der Waals surface area (Å²) in [6, 6.07) is 10.6. The van der Waals surface area contributed by atoms with Gasteiger partial charge in [-0.15, -0.1) is 0 Å². The van der Waals surface area contributed by atoms with Gasteiger partial charge in [0.15, 0.2) is 0 Å². The van der Waals surface area contributed by atoms with Crippen molar-refractivity contribution in [3.63, 3.8) is 0 Å². The highest BCUT2D eigenvalue weighted by atomic mass is 16.6. The molecule has 0 unspecified atom stereocenters. The highest BCUT2D eigenvalue weighted by Gasteiger charge is 2.24. The summed E-state index contributed by atoms with van der Waals surface area (Å²) in [6.45, 7) is 7.36. The van der Waals surface area contributed by atoms with Gasteiger partial charge in [-0.3, -0.25) is 10.00 Å². The minimum atomic E-state index is -0.268. The summed E-state index contributed by atoms with van der Waals surface area (Å²) in [7, 11) is 0. The van der Waals surface area contributed by atoms with Crippen LogP contribution in [0.1, 0.15) is 36.8 Å². The Bertz CT molecular complexity index is 713. The number of amides is 1. The minimum absolute atomic E-state index is 0.179. The minimum Gasteiger partial charge on any atom is -0.447 e.